The third-order valence-corrected chi connectivity index (χ3v) is 3.36. The van der Waals surface area contributed by atoms with Crippen molar-refractivity contribution in [3.63, 3.8) is 0 Å². The lowest BCUT2D eigenvalue weighted by Gasteiger charge is -2.09. The second-order valence-corrected chi connectivity index (χ2v) is 4.73. The zero-order valence-electron chi connectivity index (χ0n) is 11.7. The van der Waals surface area contributed by atoms with E-state index in [2.05, 4.69) is 0 Å². The summed E-state index contributed by atoms with van der Waals surface area (Å²) >= 11 is 0. The number of unbranched alkanes of at least 4 members (excludes halogenated alkanes) is 1. The van der Waals surface area contributed by atoms with E-state index in [9.17, 15) is 8.78 Å². The molecule has 2 aromatic rings. The zero-order chi connectivity index (χ0) is 14.5. The molecule has 2 aromatic carbocycles. The van der Waals surface area contributed by atoms with Gasteiger partial charge < -0.3 is 4.74 Å². The first-order valence-corrected chi connectivity index (χ1v) is 6.78. The number of hydrogen-bond donors (Lipinski definition) is 0. The summed E-state index contributed by atoms with van der Waals surface area (Å²) in [4.78, 5) is 0. The van der Waals surface area contributed by atoms with Crippen molar-refractivity contribution in [1.29, 1.82) is 0 Å². The molecular formula is C17H18F2O. The van der Waals surface area contributed by atoms with Crippen LogP contribution in [0.4, 0.5) is 8.78 Å². The van der Waals surface area contributed by atoms with Crippen molar-refractivity contribution >= 4 is 0 Å². The zero-order valence-corrected chi connectivity index (χ0v) is 11.7. The molecule has 0 fully saturated rings. The van der Waals surface area contributed by atoms with E-state index >= 15 is 0 Å². The number of methoxy groups -OCH3 is 1. The molecular weight excluding hydrogens is 258 g/mol. The smallest absolute Gasteiger partial charge is 0.166 e. The highest BCUT2D eigenvalue weighted by molar-refractivity contribution is 5.65. The minimum atomic E-state index is -0.774. The highest BCUT2D eigenvalue weighted by atomic mass is 19.2. The van der Waals surface area contributed by atoms with E-state index in [1.54, 1.807) is 43.5 Å². The van der Waals surface area contributed by atoms with Crippen LogP contribution in [0.15, 0.2) is 36.4 Å². The Hall–Kier alpha value is -1.90. The van der Waals surface area contributed by atoms with Crippen LogP contribution in [0.2, 0.25) is 0 Å². The van der Waals surface area contributed by atoms with Crippen molar-refractivity contribution in [2.75, 3.05) is 7.11 Å². The van der Waals surface area contributed by atoms with Crippen LogP contribution < -0.4 is 4.74 Å². The molecule has 0 atom stereocenters. The summed E-state index contributed by atoms with van der Waals surface area (Å²) in [6.45, 7) is 2.03. The first-order chi connectivity index (χ1) is 9.67. The number of benzene rings is 2. The van der Waals surface area contributed by atoms with Gasteiger partial charge in [-0.1, -0.05) is 37.6 Å². The van der Waals surface area contributed by atoms with Crippen LogP contribution in [-0.2, 0) is 6.42 Å². The number of aryl methyl sites for hydroxylation is 1. The Bertz CT molecular complexity index is 576. The molecule has 0 spiro atoms. The molecule has 106 valence electrons. The molecule has 3 heteroatoms. The van der Waals surface area contributed by atoms with Crippen molar-refractivity contribution in [3.8, 4) is 16.9 Å². The molecule has 1 nitrogen and oxygen atoms in total. The summed E-state index contributed by atoms with van der Waals surface area (Å²) in [5.41, 5.74) is 1.37. The Morgan fingerprint density at radius 2 is 1.65 bits per heavy atom. The fourth-order valence-corrected chi connectivity index (χ4v) is 2.14. The van der Waals surface area contributed by atoms with Gasteiger partial charge in [-0.05, 0) is 36.1 Å². The predicted octanol–water partition coefficient (Wildman–Crippen LogP) is 4.98. The molecule has 2 rings (SSSR count). The lowest BCUT2D eigenvalue weighted by molar-refractivity contribution is 0.415. The van der Waals surface area contributed by atoms with Crippen LogP contribution in [0.3, 0.4) is 0 Å². The van der Waals surface area contributed by atoms with E-state index in [-0.39, 0.29) is 5.56 Å². The Balaban J connectivity index is 2.34. The monoisotopic (exact) mass is 276 g/mol. The van der Waals surface area contributed by atoms with Gasteiger partial charge in [0.1, 0.15) is 5.75 Å². The van der Waals surface area contributed by atoms with Crippen LogP contribution in [-0.4, -0.2) is 7.11 Å². The van der Waals surface area contributed by atoms with E-state index in [4.69, 9.17) is 4.74 Å². The lowest BCUT2D eigenvalue weighted by atomic mass is 10.00. The van der Waals surface area contributed by atoms with Crippen molar-refractivity contribution < 1.29 is 13.5 Å². The van der Waals surface area contributed by atoms with Crippen LogP contribution in [0.5, 0.6) is 5.75 Å². The SMILES string of the molecule is CCCCc1ccc(-c2ccc(OC)cc2)c(F)c1F. The molecule has 0 radical (unpaired) electrons. The molecule has 0 aromatic heterocycles. The number of hydrogen-bond acceptors (Lipinski definition) is 1. The van der Waals surface area contributed by atoms with Gasteiger partial charge in [-0.3, -0.25) is 0 Å². The summed E-state index contributed by atoms with van der Waals surface area (Å²) in [7, 11) is 1.57. The molecule has 0 saturated heterocycles. The Morgan fingerprint density at radius 1 is 0.950 bits per heavy atom. The van der Waals surface area contributed by atoms with E-state index in [0.29, 0.717) is 23.3 Å². The minimum absolute atomic E-state index is 0.283. The standard InChI is InChI=1S/C17H18F2O/c1-3-4-5-13-8-11-15(17(19)16(13)18)12-6-9-14(20-2)10-7-12/h6-11H,3-5H2,1-2H3. The van der Waals surface area contributed by atoms with Gasteiger partial charge >= 0.3 is 0 Å². The molecule has 0 N–H and O–H groups in total. The number of rotatable bonds is 5. The van der Waals surface area contributed by atoms with Gasteiger partial charge in [0.05, 0.1) is 7.11 Å². The van der Waals surface area contributed by atoms with Crippen molar-refractivity contribution in [2.24, 2.45) is 0 Å². The van der Waals surface area contributed by atoms with Crippen LogP contribution >= 0.6 is 0 Å². The first-order valence-electron chi connectivity index (χ1n) is 6.78. The van der Waals surface area contributed by atoms with Crippen LogP contribution in [0.1, 0.15) is 25.3 Å². The Labute approximate surface area is 118 Å². The third kappa shape index (κ3) is 2.98. The number of ether oxygens (including phenoxy) is 1. The number of halogens is 2. The molecule has 0 bridgehead atoms. The Morgan fingerprint density at radius 3 is 2.25 bits per heavy atom. The van der Waals surface area contributed by atoms with E-state index in [1.807, 2.05) is 6.92 Å². The summed E-state index contributed by atoms with van der Waals surface area (Å²) in [6, 6.07) is 10.2. The summed E-state index contributed by atoms with van der Waals surface area (Å²) < 4.78 is 33.2. The molecule has 0 amide bonds. The second kappa shape index (κ2) is 6.51. The normalized spacial score (nSPS) is 10.6. The minimum Gasteiger partial charge on any atom is -0.497 e. The van der Waals surface area contributed by atoms with Gasteiger partial charge in [0.2, 0.25) is 0 Å². The topological polar surface area (TPSA) is 9.23 Å². The van der Waals surface area contributed by atoms with Crippen LogP contribution in [0, 0.1) is 11.6 Å². The summed E-state index contributed by atoms with van der Waals surface area (Å²) in [6.07, 6.45) is 2.39. The first kappa shape index (κ1) is 14.5. The van der Waals surface area contributed by atoms with Gasteiger partial charge in [-0.15, -0.1) is 0 Å². The average molecular weight is 276 g/mol. The molecule has 0 aliphatic heterocycles. The van der Waals surface area contributed by atoms with Crippen LogP contribution in [0.25, 0.3) is 11.1 Å². The van der Waals surface area contributed by atoms with Crippen molar-refractivity contribution in [2.45, 2.75) is 26.2 Å². The fourth-order valence-electron chi connectivity index (χ4n) is 2.14. The molecule has 0 aliphatic rings. The van der Waals surface area contributed by atoms with Gasteiger partial charge in [0.15, 0.2) is 11.6 Å². The Kier molecular flexibility index (Phi) is 4.72. The molecule has 20 heavy (non-hydrogen) atoms. The van der Waals surface area contributed by atoms with E-state index in [0.717, 1.165) is 12.8 Å². The van der Waals surface area contributed by atoms with Crippen molar-refractivity contribution in [1.82, 2.24) is 0 Å². The maximum atomic E-state index is 14.2. The van der Waals surface area contributed by atoms with Crippen molar-refractivity contribution in [3.05, 3.63) is 53.6 Å². The quantitative estimate of drug-likeness (QED) is 0.748. The average Bonchev–Trinajstić information content (AvgIpc) is 2.49. The second-order valence-electron chi connectivity index (χ2n) is 4.73. The predicted molar refractivity (Wildman–Crippen MR) is 77.0 cm³/mol. The van der Waals surface area contributed by atoms with Gasteiger partial charge in [-0.2, -0.15) is 0 Å². The fraction of sp³-hybridized carbons (Fsp3) is 0.294. The summed E-state index contributed by atoms with van der Waals surface area (Å²) in [5.74, 6) is -0.815. The third-order valence-electron chi connectivity index (χ3n) is 3.36. The maximum Gasteiger partial charge on any atom is 0.166 e. The highest BCUT2D eigenvalue weighted by Gasteiger charge is 2.14. The van der Waals surface area contributed by atoms with E-state index in [1.165, 1.54) is 0 Å². The molecule has 0 heterocycles. The molecule has 0 aliphatic carbocycles. The summed E-state index contributed by atoms with van der Waals surface area (Å²) in [5, 5.41) is 0. The lowest BCUT2D eigenvalue weighted by Crippen LogP contribution is -1.97. The van der Waals surface area contributed by atoms with Gasteiger partial charge in [0.25, 0.3) is 0 Å². The van der Waals surface area contributed by atoms with E-state index < -0.39 is 11.6 Å². The van der Waals surface area contributed by atoms with Gasteiger partial charge in [0, 0.05) is 5.56 Å². The molecule has 0 unspecified atom stereocenters. The maximum absolute atomic E-state index is 14.2. The van der Waals surface area contributed by atoms with Gasteiger partial charge in [-0.25, -0.2) is 8.78 Å². The highest BCUT2D eigenvalue weighted by Crippen LogP contribution is 2.28. The largest absolute Gasteiger partial charge is 0.497 e. The molecule has 0 saturated carbocycles.